The molecule has 90 valence electrons. The SMILES string of the molecule is CCC(C)O[C@@H](c1ccccc1)C(F)(F)F. The Balaban J connectivity index is 2.89. The minimum atomic E-state index is -4.37. The summed E-state index contributed by atoms with van der Waals surface area (Å²) < 4.78 is 43.4. The normalized spacial score (nSPS) is 15.8. The van der Waals surface area contributed by atoms with Crippen molar-refractivity contribution in [1.82, 2.24) is 0 Å². The van der Waals surface area contributed by atoms with Gasteiger partial charge in [-0.3, -0.25) is 0 Å². The molecule has 1 unspecified atom stereocenters. The molecule has 1 aromatic carbocycles. The number of alkyl halides is 3. The fraction of sp³-hybridized carbons (Fsp3) is 0.500. The molecule has 0 radical (unpaired) electrons. The Bertz CT molecular complexity index is 308. The topological polar surface area (TPSA) is 9.23 Å². The second kappa shape index (κ2) is 5.34. The molecule has 0 fully saturated rings. The average molecular weight is 232 g/mol. The number of rotatable bonds is 4. The van der Waals surface area contributed by atoms with Crippen molar-refractivity contribution in [2.24, 2.45) is 0 Å². The quantitative estimate of drug-likeness (QED) is 0.759. The average Bonchev–Trinajstić information content (AvgIpc) is 2.25. The highest BCUT2D eigenvalue weighted by Gasteiger charge is 2.42. The van der Waals surface area contributed by atoms with Gasteiger partial charge in [0.05, 0.1) is 6.10 Å². The predicted octanol–water partition coefficient (Wildman–Crippen LogP) is 4.11. The molecule has 0 aromatic heterocycles. The molecule has 0 aliphatic heterocycles. The fourth-order valence-electron chi connectivity index (χ4n) is 1.30. The number of hydrogen-bond acceptors (Lipinski definition) is 1. The minimum absolute atomic E-state index is 0.148. The Kier molecular flexibility index (Phi) is 4.35. The van der Waals surface area contributed by atoms with Crippen LogP contribution >= 0.6 is 0 Å². The van der Waals surface area contributed by atoms with Crippen LogP contribution in [0.25, 0.3) is 0 Å². The van der Waals surface area contributed by atoms with Gasteiger partial charge in [-0.25, -0.2) is 0 Å². The van der Waals surface area contributed by atoms with Crippen molar-refractivity contribution in [2.75, 3.05) is 0 Å². The number of benzene rings is 1. The van der Waals surface area contributed by atoms with Crippen LogP contribution in [0.15, 0.2) is 30.3 Å². The van der Waals surface area contributed by atoms with Gasteiger partial charge in [0, 0.05) is 0 Å². The lowest BCUT2D eigenvalue weighted by Crippen LogP contribution is -2.26. The van der Waals surface area contributed by atoms with Gasteiger partial charge in [-0.05, 0) is 18.9 Å². The van der Waals surface area contributed by atoms with Crippen molar-refractivity contribution in [1.29, 1.82) is 0 Å². The highest BCUT2D eigenvalue weighted by Crippen LogP contribution is 2.36. The molecule has 0 heterocycles. The van der Waals surface area contributed by atoms with E-state index in [4.69, 9.17) is 4.74 Å². The van der Waals surface area contributed by atoms with E-state index in [1.54, 1.807) is 32.0 Å². The lowest BCUT2D eigenvalue weighted by atomic mass is 10.1. The molecule has 1 nitrogen and oxygen atoms in total. The zero-order valence-electron chi connectivity index (χ0n) is 9.29. The Morgan fingerprint density at radius 1 is 1.19 bits per heavy atom. The van der Waals surface area contributed by atoms with Gasteiger partial charge in [0.25, 0.3) is 0 Å². The maximum atomic E-state index is 12.8. The monoisotopic (exact) mass is 232 g/mol. The van der Waals surface area contributed by atoms with Crippen molar-refractivity contribution in [2.45, 2.75) is 38.7 Å². The first kappa shape index (κ1) is 13.0. The summed E-state index contributed by atoms with van der Waals surface area (Å²) in [5.74, 6) is 0. The molecule has 1 rings (SSSR count). The van der Waals surface area contributed by atoms with Gasteiger partial charge in [-0.2, -0.15) is 13.2 Å². The van der Waals surface area contributed by atoms with E-state index in [1.807, 2.05) is 0 Å². The highest BCUT2D eigenvalue weighted by molar-refractivity contribution is 5.18. The molecular formula is C12H15F3O. The first-order chi connectivity index (χ1) is 7.45. The van der Waals surface area contributed by atoms with Crippen LogP contribution in [0.1, 0.15) is 31.9 Å². The summed E-state index contributed by atoms with van der Waals surface area (Å²) in [6, 6.07) is 7.70. The maximum absolute atomic E-state index is 12.8. The second-order valence-electron chi connectivity index (χ2n) is 3.69. The zero-order valence-corrected chi connectivity index (χ0v) is 9.29. The zero-order chi connectivity index (χ0) is 12.2. The molecule has 0 amide bonds. The van der Waals surface area contributed by atoms with E-state index >= 15 is 0 Å². The van der Waals surface area contributed by atoms with Gasteiger partial charge in [0.2, 0.25) is 0 Å². The van der Waals surface area contributed by atoms with Gasteiger partial charge >= 0.3 is 6.18 Å². The number of ether oxygens (including phenoxy) is 1. The Hall–Kier alpha value is -1.03. The van der Waals surface area contributed by atoms with Crippen molar-refractivity contribution in [3.8, 4) is 0 Å². The maximum Gasteiger partial charge on any atom is 0.418 e. The molecule has 0 bridgehead atoms. The fourth-order valence-corrected chi connectivity index (χ4v) is 1.30. The van der Waals surface area contributed by atoms with E-state index in [9.17, 15) is 13.2 Å². The van der Waals surface area contributed by atoms with Crippen LogP contribution in [0.3, 0.4) is 0 Å². The third-order valence-electron chi connectivity index (χ3n) is 2.34. The van der Waals surface area contributed by atoms with Gasteiger partial charge in [0.15, 0.2) is 6.10 Å². The summed E-state index contributed by atoms with van der Waals surface area (Å²) >= 11 is 0. The lowest BCUT2D eigenvalue weighted by Gasteiger charge is -2.24. The molecule has 16 heavy (non-hydrogen) atoms. The highest BCUT2D eigenvalue weighted by atomic mass is 19.4. The third kappa shape index (κ3) is 3.52. The summed E-state index contributed by atoms with van der Waals surface area (Å²) in [4.78, 5) is 0. The van der Waals surface area contributed by atoms with Crippen LogP contribution in [0, 0.1) is 0 Å². The largest absolute Gasteiger partial charge is 0.418 e. The van der Waals surface area contributed by atoms with E-state index in [0.717, 1.165) is 0 Å². The first-order valence-corrected chi connectivity index (χ1v) is 5.22. The Labute approximate surface area is 93.2 Å². The van der Waals surface area contributed by atoms with E-state index in [-0.39, 0.29) is 5.56 Å². The van der Waals surface area contributed by atoms with Crippen LogP contribution in [0.4, 0.5) is 13.2 Å². The first-order valence-electron chi connectivity index (χ1n) is 5.22. The minimum Gasteiger partial charge on any atom is -0.361 e. The van der Waals surface area contributed by atoms with E-state index in [1.165, 1.54) is 12.1 Å². The smallest absolute Gasteiger partial charge is 0.361 e. The van der Waals surface area contributed by atoms with Crippen LogP contribution in [0.5, 0.6) is 0 Å². The summed E-state index contributed by atoms with van der Waals surface area (Å²) in [5.41, 5.74) is 0.148. The van der Waals surface area contributed by atoms with Gasteiger partial charge in [-0.15, -0.1) is 0 Å². The van der Waals surface area contributed by atoms with Gasteiger partial charge in [0.1, 0.15) is 0 Å². The summed E-state index contributed by atoms with van der Waals surface area (Å²) in [7, 11) is 0. The van der Waals surface area contributed by atoms with Gasteiger partial charge < -0.3 is 4.74 Å². The van der Waals surface area contributed by atoms with Crippen LogP contribution in [0.2, 0.25) is 0 Å². The van der Waals surface area contributed by atoms with Crippen molar-refractivity contribution in [3.63, 3.8) is 0 Å². The van der Waals surface area contributed by atoms with Crippen LogP contribution in [-0.4, -0.2) is 12.3 Å². The summed E-state index contributed by atoms with van der Waals surface area (Å²) in [6.07, 6.45) is -6.06. The number of hydrogen-bond donors (Lipinski definition) is 0. The molecular weight excluding hydrogens is 217 g/mol. The Morgan fingerprint density at radius 2 is 1.75 bits per heavy atom. The molecule has 0 saturated heterocycles. The molecule has 0 aliphatic rings. The molecule has 4 heteroatoms. The van der Waals surface area contributed by atoms with Crippen LogP contribution < -0.4 is 0 Å². The van der Waals surface area contributed by atoms with Gasteiger partial charge in [-0.1, -0.05) is 37.3 Å². The third-order valence-corrected chi connectivity index (χ3v) is 2.34. The molecule has 0 N–H and O–H groups in total. The standard InChI is InChI=1S/C12H15F3O/c1-3-9(2)16-11(12(13,14)15)10-7-5-4-6-8-10/h4-9,11H,3H2,1-2H3/t9?,11-/m0/s1. The number of halogens is 3. The van der Waals surface area contributed by atoms with Crippen molar-refractivity contribution in [3.05, 3.63) is 35.9 Å². The van der Waals surface area contributed by atoms with E-state index < -0.39 is 18.4 Å². The molecule has 0 aliphatic carbocycles. The van der Waals surface area contributed by atoms with E-state index in [2.05, 4.69) is 0 Å². The van der Waals surface area contributed by atoms with Crippen molar-refractivity contribution >= 4 is 0 Å². The van der Waals surface area contributed by atoms with Crippen molar-refractivity contribution < 1.29 is 17.9 Å². The predicted molar refractivity (Wildman–Crippen MR) is 56.1 cm³/mol. The summed E-state index contributed by atoms with van der Waals surface area (Å²) in [5, 5.41) is 0. The lowest BCUT2D eigenvalue weighted by molar-refractivity contribution is -0.235. The molecule has 1 aromatic rings. The van der Waals surface area contributed by atoms with E-state index in [0.29, 0.717) is 6.42 Å². The molecule has 2 atom stereocenters. The Morgan fingerprint density at radius 3 is 2.19 bits per heavy atom. The molecule has 0 saturated carbocycles. The van der Waals surface area contributed by atoms with Crippen LogP contribution in [-0.2, 0) is 4.74 Å². The molecule has 0 spiro atoms. The summed E-state index contributed by atoms with van der Waals surface area (Å²) in [6.45, 7) is 3.44. The second-order valence-corrected chi connectivity index (χ2v) is 3.69.